The van der Waals surface area contributed by atoms with Crippen LogP contribution in [0.2, 0.25) is 0 Å². The van der Waals surface area contributed by atoms with E-state index in [1.807, 2.05) is 51.1 Å². The highest BCUT2D eigenvalue weighted by Crippen LogP contribution is 2.36. The molecule has 4 N–H and O–H groups in total. The van der Waals surface area contributed by atoms with Crippen molar-refractivity contribution in [2.24, 2.45) is 4.99 Å². The number of nitrogens with zero attached hydrogens (tertiary/aromatic N) is 1. The summed E-state index contributed by atoms with van der Waals surface area (Å²) in [5, 5.41) is 12.4. The van der Waals surface area contributed by atoms with Crippen molar-refractivity contribution in [2.45, 2.75) is 58.7 Å². The van der Waals surface area contributed by atoms with Gasteiger partial charge in [-0.15, -0.1) is 0 Å². The zero-order valence-electron chi connectivity index (χ0n) is 18.6. The number of nitrogens with two attached hydrogens (primary N) is 1. The van der Waals surface area contributed by atoms with Gasteiger partial charge in [0.1, 0.15) is 11.8 Å². The molecule has 2 atom stereocenters. The Bertz CT molecular complexity index is 1030. The van der Waals surface area contributed by atoms with Crippen LogP contribution in [-0.2, 0) is 11.2 Å². The van der Waals surface area contributed by atoms with Crippen molar-refractivity contribution < 1.29 is 14.6 Å². The predicted octanol–water partition coefficient (Wildman–Crippen LogP) is 4.59. The van der Waals surface area contributed by atoms with Gasteiger partial charge in [0.25, 0.3) is 0 Å². The second-order valence-electron chi connectivity index (χ2n) is 8.25. The summed E-state index contributed by atoms with van der Waals surface area (Å²) >= 11 is 0. The van der Waals surface area contributed by atoms with Crippen LogP contribution >= 0.6 is 0 Å². The summed E-state index contributed by atoms with van der Waals surface area (Å²) in [6.07, 6.45) is 1.77. The van der Waals surface area contributed by atoms with Crippen LogP contribution in [0.1, 0.15) is 62.4 Å². The van der Waals surface area contributed by atoms with Crippen molar-refractivity contribution in [3.8, 4) is 5.75 Å². The van der Waals surface area contributed by atoms with Crippen LogP contribution in [0.4, 0.5) is 5.69 Å². The van der Waals surface area contributed by atoms with Gasteiger partial charge >= 0.3 is 5.97 Å². The molecule has 1 aliphatic carbocycles. The Morgan fingerprint density at radius 1 is 1.29 bits per heavy atom. The van der Waals surface area contributed by atoms with E-state index in [2.05, 4.69) is 18.0 Å². The minimum atomic E-state index is -0.849. The molecule has 1 aliphatic rings. The molecule has 0 unspecified atom stereocenters. The maximum absolute atomic E-state index is 11.2. The quantitative estimate of drug-likeness (QED) is 0.428. The Labute approximate surface area is 183 Å². The zero-order chi connectivity index (χ0) is 22.7. The number of hydrogen-bond acceptors (Lipinski definition) is 5. The molecule has 6 heteroatoms. The lowest BCUT2D eigenvalue weighted by molar-refractivity contribution is -0.139. The fourth-order valence-corrected chi connectivity index (χ4v) is 3.93. The second kappa shape index (κ2) is 9.35. The monoisotopic (exact) mass is 421 g/mol. The van der Waals surface area contributed by atoms with Gasteiger partial charge in [0.2, 0.25) is 0 Å². The van der Waals surface area contributed by atoms with Crippen molar-refractivity contribution in [3.05, 3.63) is 65.2 Å². The first-order chi connectivity index (χ1) is 14.7. The SMILES string of the molecule is C=C(/N=C(\C)c1ccc(OC(C)C)c(N)c1)c1cccc2c1CC[C@@H]2N[C@H](C)C(=O)O. The lowest BCUT2D eigenvalue weighted by atomic mass is 10.00. The smallest absolute Gasteiger partial charge is 0.320 e. The first kappa shape index (κ1) is 22.6. The molecule has 0 saturated carbocycles. The van der Waals surface area contributed by atoms with E-state index in [4.69, 9.17) is 15.5 Å². The number of aliphatic imine (C=N–C) groups is 1. The lowest BCUT2D eigenvalue weighted by Crippen LogP contribution is -2.35. The summed E-state index contributed by atoms with van der Waals surface area (Å²) in [6, 6.07) is 11.2. The molecule has 0 spiro atoms. The number of aliphatic carboxylic acids is 1. The molecule has 3 rings (SSSR count). The molecule has 6 nitrogen and oxygen atoms in total. The van der Waals surface area contributed by atoms with Gasteiger partial charge in [0.05, 0.1) is 17.5 Å². The fraction of sp³-hybridized carbons (Fsp3) is 0.360. The van der Waals surface area contributed by atoms with Crippen molar-refractivity contribution in [2.75, 3.05) is 5.73 Å². The van der Waals surface area contributed by atoms with Gasteiger partial charge in [0.15, 0.2) is 0 Å². The number of anilines is 1. The molecule has 0 bridgehead atoms. The third-order valence-electron chi connectivity index (χ3n) is 5.50. The fourth-order valence-electron chi connectivity index (χ4n) is 3.93. The summed E-state index contributed by atoms with van der Waals surface area (Å²) in [5.74, 6) is -0.182. The summed E-state index contributed by atoms with van der Waals surface area (Å²) in [5.41, 5.74) is 12.4. The van der Waals surface area contributed by atoms with Crippen LogP contribution in [-0.4, -0.2) is 28.9 Å². The maximum Gasteiger partial charge on any atom is 0.320 e. The van der Waals surface area contributed by atoms with E-state index in [0.717, 1.165) is 35.2 Å². The Kier molecular flexibility index (Phi) is 6.81. The number of nitrogen functional groups attached to an aromatic ring is 1. The second-order valence-corrected chi connectivity index (χ2v) is 8.25. The Morgan fingerprint density at radius 3 is 2.68 bits per heavy atom. The molecule has 2 aromatic rings. The van der Waals surface area contributed by atoms with Crippen LogP contribution in [0.15, 0.2) is 48.0 Å². The van der Waals surface area contributed by atoms with E-state index < -0.39 is 12.0 Å². The molecule has 0 amide bonds. The number of carboxylic acid groups (broad SMARTS) is 1. The van der Waals surface area contributed by atoms with Gasteiger partial charge in [-0.2, -0.15) is 0 Å². The molecular weight excluding hydrogens is 390 g/mol. The third kappa shape index (κ3) is 5.14. The Hall–Kier alpha value is -3.12. The van der Waals surface area contributed by atoms with Crippen LogP contribution in [0, 0.1) is 0 Å². The maximum atomic E-state index is 11.2. The third-order valence-corrected chi connectivity index (χ3v) is 5.50. The molecule has 0 aliphatic heterocycles. The summed E-state index contributed by atoms with van der Waals surface area (Å²) in [4.78, 5) is 16.0. The number of ether oxygens (including phenoxy) is 1. The van der Waals surface area contributed by atoms with Gasteiger partial charge in [-0.3, -0.25) is 15.1 Å². The van der Waals surface area contributed by atoms with Gasteiger partial charge in [-0.1, -0.05) is 24.8 Å². The van der Waals surface area contributed by atoms with Crippen LogP contribution in [0.3, 0.4) is 0 Å². The highest BCUT2D eigenvalue weighted by molar-refractivity contribution is 6.02. The van der Waals surface area contributed by atoms with E-state index in [1.165, 1.54) is 5.56 Å². The highest BCUT2D eigenvalue weighted by atomic mass is 16.5. The first-order valence-electron chi connectivity index (χ1n) is 10.6. The molecule has 0 aromatic heterocycles. The molecule has 0 fully saturated rings. The average Bonchev–Trinajstić information content (AvgIpc) is 3.11. The average molecular weight is 422 g/mol. The standard InChI is InChI=1S/C25H31N3O3/c1-14(2)31-24-12-9-18(13-22(24)26)15(3)27-16(4)19-7-6-8-21-20(19)10-11-23(21)28-17(5)25(29)30/h6-9,12-14,17,23,28H,4,10-11,26H2,1-3,5H3,(H,29,30)/b27-15+/t17-,23+/m1/s1. The number of carboxylic acids is 1. The lowest BCUT2D eigenvalue weighted by Gasteiger charge is -2.18. The Morgan fingerprint density at radius 2 is 2.03 bits per heavy atom. The van der Waals surface area contributed by atoms with Crippen molar-refractivity contribution >= 4 is 23.1 Å². The molecule has 0 radical (unpaired) electrons. The molecule has 31 heavy (non-hydrogen) atoms. The number of hydrogen-bond donors (Lipinski definition) is 3. The van der Waals surface area contributed by atoms with Gasteiger partial charge in [-0.05, 0) is 75.4 Å². The summed E-state index contributed by atoms with van der Waals surface area (Å²) in [6.45, 7) is 11.7. The molecular formula is C25H31N3O3. The van der Waals surface area contributed by atoms with Gasteiger partial charge in [-0.25, -0.2) is 0 Å². The zero-order valence-corrected chi connectivity index (χ0v) is 18.6. The topological polar surface area (TPSA) is 96.9 Å². The Balaban J connectivity index is 1.83. The van der Waals surface area contributed by atoms with Crippen LogP contribution < -0.4 is 15.8 Å². The number of benzene rings is 2. The largest absolute Gasteiger partial charge is 0.489 e. The summed E-state index contributed by atoms with van der Waals surface area (Å²) in [7, 11) is 0. The highest BCUT2D eigenvalue weighted by Gasteiger charge is 2.27. The van der Waals surface area contributed by atoms with Crippen molar-refractivity contribution in [1.82, 2.24) is 5.32 Å². The van der Waals surface area contributed by atoms with Gasteiger partial charge in [0, 0.05) is 17.3 Å². The molecule has 0 saturated heterocycles. The van der Waals surface area contributed by atoms with Crippen LogP contribution in [0.5, 0.6) is 5.75 Å². The molecule has 2 aromatic carbocycles. The first-order valence-corrected chi connectivity index (χ1v) is 10.6. The van der Waals surface area contributed by atoms with Gasteiger partial charge < -0.3 is 15.6 Å². The number of carbonyl (C=O) groups is 1. The van der Waals surface area contributed by atoms with E-state index in [9.17, 15) is 9.90 Å². The van der Waals surface area contributed by atoms with E-state index >= 15 is 0 Å². The number of nitrogens with one attached hydrogen (secondary N) is 1. The van der Waals surface area contributed by atoms with Crippen molar-refractivity contribution in [1.29, 1.82) is 0 Å². The molecule has 164 valence electrons. The van der Waals surface area contributed by atoms with E-state index in [0.29, 0.717) is 17.1 Å². The van der Waals surface area contributed by atoms with E-state index in [-0.39, 0.29) is 12.1 Å². The minimum Gasteiger partial charge on any atom is -0.489 e. The summed E-state index contributed by atoms with van der Waals surface area (Å²) < 4.78 is 5.71. The minimum absolute atomic E-state index is 0.0206. The van der Waals surface area contributed by atoms with Crippen molar-refractivity contribution in [3.63, 3.8) is 0 Å². The number of rotatable bonds is 8. The van der Waals surface area contributed by atoms with E-state index in [1.54, 1.807) is 6.92 Å². The normalized spacial score (nSPS) is 16.8. The van der Waals surface area contributed by atoms with Crippen LogP contribution in [0.25, 0.3) is 5.70 Å². The number of fused-ring (bicyclic) bond motifs is 1. The predicted molar refractivity (Wildman–Crippen MR) is 126 cm³/mol. The molecule has 0 heterocycles.